The zero-order valence-electron chi connectivity index (χ0n) is 16.2. The second kappa shape index (κ2) is 8.77. The third kappa shape index (κ3) is 4.34. The number of aliphatic hydroxyl groups is 1. The van der Waals surface area contributed by atoms with Gasteiger partial charge in [-0.3, -0.25) is 14.8 Å². The van der Waals surface area contributed by atoms with Gasteiger partial charge in [-0.2, -0.15) is 5.10 Å². The van der Waals surface area contributed by atoms with E-state index in [1.54, 1.807) is 24.5 Å². The first-order valence-corrected chi connectivity index (χ1v) is 10.5. The van der Waals surface area contributed by atoms with Crippen LogP contribution in [0.15, 0.2) is 47.8 Å². The number of hydrogen-bond donors (Lipinski definition) is 2. The molecule has 1 unspecified atom stereocenters. The lowest BCUT2D eigenvalue weighted by Crippen LogP contribution is -2.49. The number of nitrogens with one attached hydrogen (secondary N) is 1. The summed E-state index contributed by atoms with van der Waals surface area (Å²) in [6, 6.07) is 13.3. The summed E-state index contributed by atoms with van der Waals surface area (Å²) in [7, 11) is 1.62. The Labute approximate surface area is 173 Å². The topological polar surface area (TPSA) is 81.7 Å². The van der Waals surface area contributed by atoms with E-state index in [0.29, 0.717) is 31.0 Å². The highest BCUT2D eigenvalue weighted by molar-refractivity contribution is 7.10. The van der Waals surface area contributed by atoms with Crippen LogP contribution in [-0.2, 0) is 0 Å². The summed E-state index contributed by atoms with van der Waals surface area (Å²) in [6.45, 7) is 3.31. The maximum absolute atomic E-state index is 12.9. The molecule has 3 aromatic rings. The zero-order chi connectivity index (χ0) is 20.2. The molecule has 7 nitrogen and oxygen atoms in total. The van der Waals surface area contributed by atoms with Crippen molar-refractivity contribution in [1.29, 1.82) is 0 Å². The maximum atomic E-state index is 12.9. The number of aliphatic hydroxyl groups excluding tert-OH is 1. The van der Waals surface area contributed by atoms with E-state index in [1.807, 2.05) is 46.7 Å². The summed E-state index contributed by atoms with van der Waals surface area (Å²) < 4.78 is 5.38. The molecule has 1 atom stereocenters. The fourth-order valence-corrected chi connectivity index (χ4v) is 4.25. The van der Waals surface area contributed by atoms with Crippen LogP contribution in [0.2, 0.25) is 0 Å². The molecule has 0 radical (unpaired) electrons. The number of piperazine rings is 1. The van der Waals surface area contributed by atoms with Gasteiger partial charge < -0.3 is 14.7 Å². The van der Waals surface area contributed by atoms with Gasteiger partial charge in [0.1, 0.15) is 17.5 Å². The molecule has 152 valence electrons. The van der Waals surface area contributed by atoms with E-state index in [2.05, 4.69) is 15.1 Å². The summed E-state index contributed by atoms with van der Waals surface area (Å²) in [5.74, 6) is 0.660. The van der Waals surface area contributed by atoms with Crippen LogP contribution in [0.4, 0.5) is 0 Å². The summed E-state index contributed by atoms with van der Waals surface area (Å²) in [5, 5.41) is 19.5. The van der Waals surface area contributed by atoms with Gasteiger partial charge in [0, 0.05) is 43.2 Å². The van der Waals surface area contributed by atoms with E-state index in [4.69, 9.17) is 4.74 Å². The summed E-state index contributed by atoms with van der Waals surface area (Å²) >= 11 is 1.56. The van der Waals surface area contributed by atoms with Crippen molar-refractivity contribution in [1.82, 2.24) is 20.0 Å². The van der Waals surface area contributed by atoms with Crippen LogP contribution < -0.4 is 4.74 Å². The molecule has 3 heterocycles. The minimum absolute atomic E-state index is 0.0582. The number of hydrogen-bond acceptors (Lipinski definition) is 6. The van der Waals surface area contributed by atoms with Crippen molar-refractivity contribution in [3.05, 3.63) is 58.4 Å². The van der Waals surface area contributed by atoms with E-state index in [9.17, 15) is 9.90 Å². The third-order valence-corrected chi connectivity index (χ3v) is 6.13. The highest BCUT2D eigenvalue weighted by Crippen LogP contribution is 2.28. The molecular formula is C21H24N4O3S. The number of aromatic nitrogens is 2. The number of thiophene rings is 1. The summed E-state index contributed by atoms with van der Waals surface area (Å²) in [4.78, 5) is 17.9. The van der Waals surface area contributed by atoms with Gasteiger partial charge in [-0.1, -0.05) is 18.2 Å². The Bertz CT molecular complexity index is 949. The number of aromatic amines is 1. The second-order valence-electron chi connectivity index (χ2n) is 6.99. The molecule has 4 rings (SSSR count). The number of methoxy groups -OCH3 is 1. The molecule has 2 N–H and O–H groups in total. The van der Waals surface area contributed by atoms with Gasteiger partial charge in [0.25, 0.3) is 5.91 Å². The van der Waals surface area contributed by atoms with Crippen LogP contribution in [0.25, 0.3) is 11.3 Å². The van der Waals surface area contributed by atoms with Crippen molar-refractivity contribution in [2.75, 3.05) is 39.8 Å². The van der Waals surface area contributed by atoms with Gasteiger partial charge in [-0.05, 0) is 29.6 Å². The zero-order valence-corrected chi connectivity index (χ0v) is 17.1. The molecule has 1 aromatic carbocycles. The molecule has 29 heavy (non-hydrogen) atoms. The van der Waals surface area contributed by atoms with E-state index in [0.717, 1.165) is 29.3 Å². The predicted molar refractivity (Wildman–Crippen MR) is 112 cm³/mol. The predicted octanol–water partition coefficient (Wildman–Crippen LogP) is 2.64. The van der Waals surface area contributed by atoms with Crippen molar-refractivity contribution < 1.29 is 14.6 Å². The SMILES string of the molecule is COc1ccccc1-c1cc(C(=O)N2CCN(CC(O)c3cccs3)CC2)[nH]n1. The Hall–Kier alpha value is -2.68. The first-order chi connectivity index (χ1) is 14.2. The molecule has 1 aliphatic heterocycles. The van der Waals surface area contributed by atoms with Crippen molar-refractivity contribution in [2.45, 2.75) is 6.10 Å². The highest BCUT2D eigenvalue weighted by Gasteiger charge is 2.25. The Kier molecular flexibility index (Phi) is 5.94. The second-order valence-corrected chi connectivity index (χ2v) is 7.97. The molecule has 0 aliphatic carbocycles. The lowest BCUT2D eigenvalue weighted by Gasteiger charge is -2.35. The molecule has 0 saturated carbocycles. The van der Waals surface area contributed by atoms with Crippen LogP contribution in [0.1, 0.15) is 21.5 Å². The van der Waals surface area contributed by atoms with Crippen LogP contribution in [0, 0.1) is 0 Å². The van der Waals surface area contributed by atoms with Gasteiger partial charge in [0.2, 0.25) is 0 Å². The Morgan fingerprint density at radius 2 is 2.03 bits per heavy atom. The fourth-order valence-electron chi connectivity index (χ4n) is 3.54. The van der Waals surface area contributed by atoms with E-state index in [-0.39, 0.29) is 5.91 Å². The van der Waals surface area contributed by atoms with E-state index >= 15 is 0 Å². The van der Waals surface area contributed by atoms with Gasteiger partial charge in [0.15, 0.2) is 0 Å². The number of β-amino-alcohol motifs (C(OH)–C–C–N with tert-alkyl or cyclic N) is 1. The minimum Gasteiger partial charge on any atom is -0.496 e. The molecular weight excluding hydrogens is 388 g/mol. The van der Waals surface area contributed by atoms with E-state index in [1.165, 1.54) is 0 Å². The standard InChI is InChI=1S/C21H24N4O3S/c1-28-19-6-3-2-5-15(19)16-13-17(23-22-16)21(27)25-10-8-24(9-11-25)14-18(26)20-7-4-12-29-20/h2-7,12-13,18,26H,8-11,14H2,1H3,(H,22,23). The number of para-hydroxylation sites is 1. The number of carbonyl (C=O) groups is 1. The number of ether oxygens (including phenoxy) is 1. The number of nitrogens with zero attached hydrogens (tertiary/aromatic N) is 3. The average molecular weight is 413 g/mol. The van der Waals surface area contributed by atoms with Crippen LogP contribution in [0.3, 0.4) is 0 Å². The van der Waals surface area contributed by atoms with Gasteiger partial charge in [-0.15, -0.1) is 11.3 Å². The lowest BCUT2D eigenvalue weighted by atomic mass is 10.1. The largest absolute Gasteiger partial charge is 0.496 e. The minimum atomic E-state index is -0.478. The molecule has 1 saturated heterocycles. The monoisotopic (exact) mass is 412 g/mol. The molecule has 0 bridgehead atoms. The summed E-state index contributed by atoms with van der Waals surface area (Å²) in [6.07, 6.45) is -0.478. The Morgan fingerprint density at radius 3 is 2.76 bits per heavy atom. The average Bonchev–Trinajstić information content (AvgIpc) is 3.46. The third-order valence-electron chi connectivity index (χ3n) is 5.15. The maximum Gasteiger partial charge on any atom is 0.271 e. The highest BCUT2D eigenvalue weighted by atomic mass is 32.1. The number of rotatable bonds is 6. The molecule has 1 aliphatic rings. The molecule has 2 aromatic heterocycles. The fraction of sp³-hybridized carbons (Fsp3) is 0.333. The number of carbonyl (C=O) groups excluding carboxylic acids is 1. The van der Waals surface area contributed by atoms with Crippen LogP contribution in [-0.4, -0.2) is 70.8 Å². The summed E-state index contributed by atoms with van der Waals surface area (Å²) in [5.41, 5.74) is 2.00. The quantitative estimate of drug-likeness (QED) is 0.651. The van der Waals surface area contributed by atoms with Crippen LogP contribution in [0.5, 0.6) is 5.75 Å². The van der Waals surface area contributed by atoms with Gasteiger partial charge >= 0.3 is 0 Å². The number of benzene rings is 1. The van der Waals surface area contributed by atoms with E-state index < -0.39 is 6.10 Å². The Morgan fingerprint density at radius 1 is 1.24 bits per heavy atom. The molecule has 1 amide bonds. The first kappa shape index (κ1) is 19.6. The smallest absolute Gasteiger partial charge is 0.271 e. The van der Waals surface area contributed by atoms with Crippen molar-refractivity contribution >= 4 is 17.2 Å². The van der Waals surface area contributed by atoms with Gasteiger partial charge in [-0.25, -0.2) is 0 Å². The van der Waals surface area contributed by atoms with Crippen LogP contribution >= 0.6 is 11.3 Å². The van der Waals surface area contributed by atoms with Crippen molar-refractivity contribution in [2.24, 2.45) is 0 Å². The molecule has 1 fully saturated rings. The number of amides is 1. The normalized spacial score (nSPS) is 16.0. The molecule has 8 heteroatoms. The van der Waals surface area contributed by atoms with Gasteiger partial charge in [0.05, 0.1) is 12.8 Å². The number of H-pyrrole nitrogens is 1. The molecule has 0 spiro atoms. The lowest BCUT2D eigenvalue weighted by molar-refractivity contribution is 0.0528. The van der Waals surface area contributed by atoms with Crippen molar-refractivity contribution in [3.8, 4) is 17.0 Å². The van der Waals surface area contributed by atoms with Crippen molar-refractivity contribution in [3.63, 3.8) is 0 Å². The first-order valence-electron chi connectivity index (χ1n) is 9.57. The Balaban J connectivity index is 1.36.